The maximum absolute atomic E-state index is 11.6. The van der Waals surface area contributed by atoms with E-state index in [-0.39, 0.29) is 11.3 Å². The molecule has 0 spiro atoms. The van der Waals surface area contributed by atoms with Gasteiger partial charge in [0.05, 0.1) is 0 Å². The van der Waals surface area contributed by atoms with E-state index in [1.54, 1.807) is 24.3 Å². The van der Waals surface area contributed by atoms with Gasteiger partial charge in [-0.15, -0.1) is 0 Å². The van der Waals surface area contributed by atoms with E-state index in [2.05, 4.69) is 5.32 Å². The highest BCUT2D eigenvalue weighted by Crippen LogP contribution is 2.20. The standard InChI is InChI=1S/C12H16ClNO/c1-12(2,3)8-11(15)14-10-6-4-9(13)5-7-10/h4-7H,8H2,1-3H3,(H,14,15). The van der Waals surface area contributed by atoms with Crippen molar-refractivity contribution >= 4 is 23.2 Å². The van der Waals surface area contributed by atoms with E-state index in [4.69, 9.17) is 11.6 Å². The number of halogens is 1. The zero-order chi connectivity index (χ0) is 11.5. The lowest BCUT2D eigenvalue weighted by atomic mass is 9.92. The molecule has 0 aliphatic rings. The Morgan fingerprint density at radius 2 is 1.80 bits per heavy atom. The molecule has 15 heavy (non-hydrogen) atoms. The van der Waals surface area contributed by atoms with E-state index >= 15 is 0 Å². The molecule has 0 aliphatic heterocycles. The van der Waals surface area contributed by atoms with Gasteiger partial charge in [0.2, 0.25) is 5.91 Å². The largest absolute Gasteiger partial charge is 0.326 e. The van der Waals surface area contributed by atoms with Gasteiger partial charge in [-0.2, -0.15) is 0 Å². The third-order valence-corrected chi connectivity index (χ3v) is 2.07. The second-order valence-corrected chi connectivity index (χ2v) is 5.23. The van der Waals surface area contributed by atoms with Crippen molar-refractivity contribution in [2.45, 2.75) is 27.2 Å². The first kappa shape index (κ1) is 12.1. The summed E-state index contributed by atoms with van der Waals surface area (Å²) >= 11 is 5.74. The molecule has 1 rings (SSSR count). The summed E-state index contributed by atoms with van der Waals surface area (Å²) in [5.41, 5.74) is 0.796. The summed E-state index contributed by atoms with van der Waals surface area (Å²) in [5, 5.41) is 3.50. The van der Waals surface area contributed by atoms with Gasteiger partial charge in [-0.25, -0.2) is 0 Å². The van der Waals surface area contributed by atoms with Crippen molar-refractivity contribution in [2.24, 2.45) is 5.41 Å². The number of benzene rings is 1. The maximum atomic E-state index is 11.6. The average molecular weight is 226 g/mol. The monoisotopic (exact) mass is 225 g/mol. The molecule has 0 saturated carbocycles. The fraction of sp³-hybridized carbons (Fsp3) is 0.417. The molecule has 0 heterocycles. The minimum Gasteiger partial charge on any atom is -0.326 e. The molecule has 1 aromatic rings. The third-order valence-electron chi connectivity index (χ3n) is 1.82. The van der Waals surface area contributed by atoms with Crippen LogP contribution in [0.4, 0.5) is 5.69 Å². The van der Waals surface area contributed by atoms with E-state index in [0.29, 0.717) is 11.4 Å². The molecule has 82 valence electrons. The fourth-order valence-corrected chi connectivity index (χ4v) is 1.35. The van der Waals surface area contributed by atoms with Crippen LogP contribution in [-0.2, 0) is 4.79 Å². The van der Waals surface area contributed by atoms with E-state index < -0.39 is 0 Å². The summed E-state index contributed by atoms with van der Waals surface area (Å²) in [7, 11) is 0. The first-order chi connectivity index (χ1) is 6.87. The third kappa shape index (κ3) is 4.84. The molecule has 0 aromatic heterocycles. The smallest absolute Gasteiger partial charge is 0.224 e. The van der Waals surface area contributed by atoms with Gasteiger partial charge in [0, 0.05) is 17.1 Å². The minimum absolute atomic E-state index is 0.0104. The predicted molar refractivity (Wildman–Crippen MR) is 64.2 cm³/mol. The Labute approximate surface area is 95.6 Å². The number of hydrogen-bond acceptors (Lipinski definition) is 1. The van der Waals surface area contributed by atoms with E-state index in [0.717, 1.165) is 5.69 Å². The number of carbonyl (C=O) groups is 1. The molecule has 0 radical (unpaired) electrons. The fourth-order valence-electron chi connectivity index (χ4n) is 1.22. The summed E-state index contributed by atoms with van der Waals surface area (Å²) in [6, 6.07) is 7.11. The summed E-state index contributed by atoms with van der Waals surface area (Å²) < 4.78 is 0. The Morgan fingerprint density at radius 1 is 1.27 bits per heavy atom. The number of anilines is 1. The van der Waals surface area contributed by atoms with E-state index in [1.165, 1.54) is 0 Å². The van der Waals surface area contributed by atoms with Gasteiger partial charge in [-0.3, -0.25) is 4.79 Å². The summed E-state index contributed by atoms with van der Waals surface area (Å²) in [4.78, 5) is 11.6. The minimum atomic E-state index is 0.0104. The number of hydrogen-bond donors (Lipinski definition) is 1. The van der Waals surface area contributed by atoms with Crippen LogP contribution in [0.5, 0.6) is 0 Å². The maximum Gasteiger partial charge on any atom is 0.224 e. The molecule has 1 aromatic carbocycles. The topological polar surface area (TPSA) is 29.1 Å². The van der Waals surface area contributed by atoms with Gasteiger partial charge in [-0.1, -0.05) is 32.4 Å². The van der Waals surface area contributed by atoms with Crippen LogP contribution in [0.15, 0.2) is 24.3 Å². The van der Waals surface area contributed by atoms with Crippen molar-refractivity contribution in [3.05, 3.63) is 29.3 Å². The molecule has 2 nitrogen and oxygen atoms in total. The second-order valence-electron chi connectivity index (χ2n) is 4.79. The quantitative estimate of drug-likeness (QED) is 0.817. The Bertz CT molecular complexity index is 338. The summed E-state index contributed by atoms with van der Waals surface area (Å²) in [5.74, 6) is 0.0322. The molecule has 1 amide bonds. The van der Waals surface area contributed by atoms with Crippen LogP contribution in [0.2, 0.25) is 5.02 Å². The van der Waals surface area contributed by atoms with Crippen LogP contribution < -0.4 is 5.32 Å². The molecular formula is C12H16ClNO. The van der Waals surface area contributed by atoms with Crippen LogP contribution in [0.3, 0.4) is 0 Å². The van der Waals surface area contributed by atoms with Crippen molar-refractivity contribution in [3.8, 4) is 0 Å². The lowest BCUT2D eigenvalue weighted by molar-refractivity contribution is -0.117. The SMILES string of the molecule is CC(C)(C)CC(=O)Nc1ccc(Cl)cc1. The first-order valence-electron chi connectivity index (χ1n) is 4.92. The number of amides is 1. The van der Waals surface area contributed by atoms with Gasteiger partial charge < -0.3 is 5.32 Å². The highest BCUT2D eigenvalue weighted by molar-refractivity contribution is 6.30. The molecular weight excluding hydrogens is 210 g/mol. The van der Waals surface area contributed by atoms with Gasteiger partial charge in [0.1, 0.15) is 0 Å². The van der Waals surface area contributed by atoms with Crippen molar-refractivity contribution in [1.29, 1.82) is 0 Å². The second kappa shape index (κ2) is 4.67. The van der Waals surface area contributed by atoms with Crippen molar-refractivity contribution < 1.29 is 4.79 Å². The van der Waals surface area contributed by atoms with Crippen molar-refractivity contribution in [3.63, 3.8) is 0 Å². The molecule has 3 heteroatoms. The van der Waals surface area contributed by atoms with E-state index in [1.807, 2.05) is 20.8 Å². The summed E-state index contributed by atoms with van der Waals surface area (Å²) in [6.45, 7) is 6.11. The first-order valence-corrected chi connectivity index (χ1v) is 5.30. The highest BCUT2D eigenvalue weighted by Gasteiger charge is 2.15. The number of nitrogens with one attached hydrogen (secondary N) is 1. The molecule has 0 aliphatic carbocycles. The predicted octanol–water partition coefficient (Wildman–Crippen LogP) is 3.71. The van der Waals surface area contributed by atoms with Gasteiger partial charge >= 0.3 is 0 Å². The number of rotatable bonds is 2. The van der Waals surface area contributed by atoms with Crippen LogP contribution in [0.25, 0.3) is 0 Å². The lowest BCUT2D eigenvalue weighted by Gasteiger charge is -2.17. The van der Waals surface area contributed by atoms with Crippen LogP contribution in [0.1, 0.15) is 27.2 Å². The Balaban J connectivity index is 2.55. The lowest BCUT2D eigenvalue weighted by Crippen LogP contribution is -2.19. The normalized spacial score (nSPS) is 11.2. The van der Waals surface area contributed by atoms with Crippen LogP contribution in [-0.4, -0.2) is 5.91 Å². The molecule has 0 unspecified atom stereocenters. The average Bonchev–Trinajstić information content (AvgIpc) is 2.05. The van der Waals surface area contributed by atoms with Crippen molar-refractivity contribution in [1.82, 2.24) is 0 Å². The van der Waals surface area contributed by atoms with Crippen LogP contribution >= 0.6 is 11.6 Å². The van der Waals surface area contributed by atoms with Gasteiger partial charge in [-0.05, 0) is 29.7 Å². The Hall–Kier alpha value is -1.02. The molecule has 0 bridgehead atoms. The van der Waals surface area contributed by atoms with Gasteiger partial charge in [0.25, 0.3) is 0 Å². The number of carbonyl (C=O) groups excluding carboxylic acids is 1. The summed E-state index contributed by atoms with van der Waals surface area (Å²) in [6.07, 6.45) is 0.510. The van der Waals surface area contributed by atoms with Gasteiger partial charge in [0.15, 0.2) is 0 Å². The van der Waals surface area contributed by atoms with Crippen LogP contribution in [0, 0.1) is 5.41 Å². The Morgan fingerprint density at radius 3 is 2.27 bits per heavy atom. The zero-order valence-electron chi connectivity index (χ0n) is 9.30. The molecule has 0 fully saturated rings. The van der Waals surface area contributed by atoms with Crippen molar-refractivity contribution in [2.75, 3.05) is 5.32 Å². The molecule has 1 N–H and O–H groups in total. The zero-order valence-corrected chi connectivity index (χ0v) is 10.1. The highest BCUT2D eigenvalue weighted by atomic mass is 35.5. The Kier molecular flexibility index (Phi) is 3.75. The molecule has 0 atom stereocenters. The molecule has 0 saturated heterocycles. The van der Waals surface area contributed by atoms with E-state index in [9.17, 15) is 4.79 Å².